The molecule has 0 spiro atoms. The highest BCUT2D eigenvalue weighted by Crippen LogP contribution is 2.38. The lowest BCUT2D eigenvalue weighted by atomic mass is 9.81. The van der Waals surface area contributed by atoms with Crippen molar-refractivity contribution in [1.29, 1.82) is 0 Å². The Bertz CT molecular complexity index is 1090. The van der Waals surface area contributed by atoms with Crippen LogP contribution < -0.4 is 5.32 Å². The SMILES string of the molecule is CC(C(=O)OCC(=O)c1ccc(NC(=O)c2ccccc2)cc1)N1C(=O)C2CCCCC2C1=O. The number of Topliss-reactive ketones (excluding diaryl/α,β-unsaturated/α-hetero) is 1. The molecule has 1 N–H and O–H groups in total. The molecule has 34 heavy (non-hydrogen) atoms. The van der Waals surface area contributed by atoms with Crippen LogP contribution in [0.3, 0.4) is 0 Å². The van der Waals surface area contributed by atoms with Crippen LogP contribution in [0.25, 0.3) is 0 Å². The Morgan fingerprint density at radius 1 is 0.912 bits per heavy atom. The van der Waals surface area contributed by atoms with Crippen molar-refractivity contribution >= 4 is 35.2 Å². The summed E-state index contributed by atoms with van der Waals surface area (Å²) in [5, 5.41) is 2.75. The van der Waals surface area contributed by atoms with Gasteiger partial charge in [-0.2, -0.15) is 0 Å². The second kappa shape index (κ2) is 9.99. The molecule has 8 heteroatoms. The third-order valence-corrected chi connectivity index (χ3v) is 6.45. The van der Waals surface area contributed by atoms with Crippen molar-refractivity contribution in [2.75, 3.05) is 11.9 Å². The number of hydrogen-bond donors (Lipinski definition) is 1. The molecule has 176 valence electrons. The third-order valence-electron chi connectivity index (χ3n) is 6.45. The van der Waals surface area contributed by atoms with E-state index < -0.39 is 24.4 Å². The molecule has 1 aliphatic heterocycles. The molecule has 1 aliphatic carbocycles. The predicted octanol–water partition coefficient (Wildman–Crippen LogP) is 3.23. The molecule has 0 bridgehead atoms. The smallest absolute Gasteiger partial charge is 0.329 e. The molecule has 3 unspecified atom stereocenters. The van der Waals surface area contributed by atoms with Crippen LogP contribution in [0.1, 0.15) is 53.3 Å². The molecule has 4 rings (SSSR count). The van der Waals surface area contributed by atoms with Crippen LogP contribution >= 0.6 is 0 Å². The zero-order valence-electron chi connectivity index (χ0n) is 18.9. The summed E-state index contributed by atoms with van der Waals surface area (Å²) in [6, 6.07) is 13.9. The zero-order chi connectivity index (χ0) is 24.2. The van der Waals surface area contributed by atoms with Crippen LogP contribution in [0.4, 0.5) is 5.69 Å². The fourth-order valence-corrected chi connectivity index (χ4v) is 4.55. The number of rotatable bonds is 7. The Morgan fingerprint density at radius 3 is 2.09 bits per heavy atom. The second-order valence-electron chi connectivity index (χ2n) is 8.65. The summed E-state index contributed by atoms with van der Waals surface area (Å²) < 4.78 is 5.13. The molecule has 3 atom stereocenters. The van der Waals surface area contributed by atoms with E-state index in [0.29, 0.717) is 29.7 Å². The molecule has 2 aromatic rings. The van der Waals surface area contributed by atoms with Gasteiger partial charge in [0.1, 0.15) is 6.04 Å². The van der Waals surface area contributed by atoms with Crippen molar-refractivity contribution in [2.45, 2.75) is 38.6 Å². The van der Waals surface area contributed by atoms with Gasteiger partial charge in [-0.1, -0.05) is 31.0 Å². The fraction of sp³-hybridized carbons (Fsp3) is 0.346. The van der Waals surface area contributed by atoms with Gasteiger partial charge in [-0.15, -0.1) is 0 Å². The van der Waals surface area contributed by atoms with Gasteiger partial charge in [-0.25, -0.2) is 4.79 Å². The highest BCUT2D eigenvalue weighted by Gasteiger charge is 2.51. The molecule has 1 heterocycles. The Hall–Kier alpha value is -3.81. The summed E-state index contributed by atoms with van der Waals surface area (Å²) in [5.74, 6) is -2.83. The van der Waals surface area contributed by atoms with E-state index in [4.69, 9.17) is 4.74 Å². The average Bonchev–Trinajstić information content (AvgIpc) is 3.12. The van der Waals surface area contributed by atoms with Crippen LogP contribution in [0.5, 0.6) is 0 Å². The minimum atomic E-state index is -1.08. The summed E-state index contributed by atoms with van der Waals surface area (Å²) in [7, 11) is 0. The number of amides is 3. The van der Waals surface area contributed by atoms with Crippen molar-refractivity contribution in [3.63, 3.8) is 0 Å². The van der Waals surface area contributed by atoms with Gasteiger partial charge in [0, 0.05) is 16.8 Å². The maximum atomic E-state index is 12.7. The fourth-order valence-electron chi connectivity index (χ4n) is 4.55. The minimum absolute atomic E-state index is 0.270. The molecule has 2 fully saturated rings. The topological polar surface area (TPSA) is 110 Å². The number of anilines is 1. The first-order chi connectivity index (χ1) is 16.4. The van der Waals surface area contributed by atoms with E-state index in [2.05, 4.69) is 5.32 Å². The monoisotopic (exact) mass is 462 g/mol. The Kier molecular flexibility index (Phi) is 6.86. The first-order valence-corrected chi connectivity index (χ1v) is 11.4. The van der Waals surface area contributed by atoms with Crippen molar-refractivity contribution in [3.8, 4) is 0 Å². The number of nitrogens with zero attached hydrogens (tertiary/aromatic N) is 1. The number of carbonyl (C=O) groups excluding carboxylic acids is 5. The van der Waals surface area contributed by atoms with E-state index in [-0.39, 0.29) is 29.6 Å². The molecule has 2 aromatic carbocycles. The standard InChI is InChI=1S/C26H26N2O6/c1-16(28-24(31)20-9-5-6-10-21(20)25(28)32)26(33)34-15-22(29)17-11-13-19(14-12-17)27-23(30)18-7-3-2-4-8-18/h2-4,7-8,11-14,16,20-21H,5-6,9-10,15H2,1H3,(H,27,30). The molecule has 2 aliphatic rings. The lowest BCUT2D eigenvalue weighted by Gasteiger charge is -2.21. The van der Waals surface area contributed by atoms with Crippen LogP contribution in [0, 0.1) is 11.8 Å². The van der Waals surface area contributed by atoms with Gasteiger partial charge in [-0.3, -0.25) is 24.1 Å². The molecule has 1 saturated heterocycles. The quantitative estimate of drug-likeness (QED) is 0.384. The van der Waals surface area contributed by atoms with Crippen LogP contribution in [0.15, 0.2) is 54.6 Å². The number of hydrogen-bond acceptors (Lipinski definition) is 6. The van der Waals surface area contributed by atoms with Crippen LogP contribution in [0.2, 0.25) is 0 Å². The normalized spacial score (nSPS) is 20.4. The van der Waals surface area contributed by atoms with Gasteiger partial charge < -0.3 is 10.1 Å². The van der Waals surface area contributed by atoms with Gasteiger partial charge in [0.25, 0.3) is 5.91 Å². The van der Waals surface area contributed by atoms with Gasteiger partial charge >= 0.3 is 5.97 Å². The number of nitrogens with one attached hydrogen (secondary N) is 1. The van der Waals surface area contributed by atoms with Crippen LogP contribution in [-0.4, -0.2) is 47.0 Å². The summed E-state index contributed by atoms with van der Waals surface area (Å²) in [4.78, 5) is 63.5. The maximum Gasteiger partial charge on any atom is 0.329 e. The molecule has 8 nitrogen and oxygen atoms in total. The van der Waals surface area contributed by atoms with E-state index in [9.17, 15) is 24.0 Å². The van der Waals surface area contributed by atoms with Crippen molar-refractivity contribution in [3.05, 3.63) is 65.7 Å². The second-order valence-corrected chi connectivity index (χ2v) is 8.65. The van der Waals surface area contributed by atoms with Gasteiger partial charge in [0.15, 0.2) is 12.4 Å². The summed E-state index contributed by atoms with van der Waals surface area (Å²) in [6.45, 7) is 0.937. The van der Waals surface area contributed by atoms with Crippen molar-refractivity contribution < 1.29 is 28.7 Å². The molecule has 1 saturated carbocycles. The Balaban J connectivity index is 1.31. The molecular weight excluding hydrogens is 436 g/mol. The summed E-state index contributed by atoms with van der Waals surface area (Å²) in [6.07, 6.45) is 3.12. The number of ether oxygens (including phenoxy) is 1. The van der Waals surface area contributed by atoms with E-state index in [1.54, 1.807) is 36.4 Å². The minimum Gasteiger partial charge on any atom is -0.456 e. The molecular formula is C26H26N2O6. The number of carbonyl (C=O) groups is 5. The average molecular weight is 463 g/mol. The number of benzene rings is 2. The first kappa shape index (κ1) is 23.4. The number of esters is 1. The highest BCUT2D eigenvalue weighted by atomic mass is 16.5. The lowest BCUT2D eigenvalue weighted by molar-refractivity contribution is -0.157. The summed E-state index contributed by atoms with van der Waals surface area (Å²) in [5.41, 5.74) is 1.33. The number of likely N-dealkylation sites (tertiary alicyclic amines) is 1. The van der Waals surface area contributed by atoms with E-state index in [1.807, 2.05) is 6.07 Å². The maximum absolute atomic E-state index is 12.7. The lowest BCUT2D eigenvalue weighted by Crippen LogP contribution is -2.44. The molecule has 3 amide bonds. The van der Waals surface area contributed by atoms with Crippen molar-refractivity contribution in [2.24, 2.45) is 11.8 Å². The van der Waals surface area contributed by atoms with E-state index in [0.717, 1.165) is 17.7 Å². The number of imide groups is 1. The van der Waals surface area contributed by atoms with Gasteiger partial charge in [-0.05, 0) is 56.2 Å². The molecule has 0 radical (unpaired) electrons. The summed E-state index contributed by atoms with van der Waals surface area (Å²) >= 11 is 0. The van der Waals surface area contributed by atoms with Gasteiger partial charge in [0.05, 0.1) is 11.8 Å². The van der Waals surface area contributed by atoms with Crippen molar-refractivity contribution in [1.82, 2.24) is 4.90 Å². The zero-order valence-corrected chi connectivity index (χ0v) is 18.9. The number of ketones is 1. The van der Waals surface area contributed by atoms with E-state index in [1.165, 1.54) is 19.1 Å². The Labute approximate surface area is 197 Å². The van der Waals surface area contributed by atoms with E-state index >= 15 is 0 Å². The van der Waals surface area contributed by atoms with Crippen LogP contribution in [-0.2, 0) is 19.1 Å². The predicted molar refractivity (Wildman–Crippen MR) is 123 cm³/mol. The first-order valence-electron chi connectivity index (χ1n) is 11.4. The Morgan fingerprint density at radius 2 is 1.50 bits per heavy atom. The van der Waals surface area contributed by atoms with Gasteiger partial charge in [0.2, 0.25) is 11.8 Å². The highest BCUT2D eigenvalue weighted by molar-refractivity contribution is 6.08. The number of fused-ring (bicyclic) bond motifs is 1. The third kappa shape index (κ3) is 4.76. The molecule has 0 aromatic heterocycles. The largest absolute Gasteiger partial charge is 0.456 e.